The van der Waals surface area contributed by atoms with Crippen molar-refractivity contribution < 1.29 is 4.79 Å². The van der Waals surface area contributed by atoms with E-state index in [9.17, 15) is 4.79 Å². The molecule has 0 heterocycles. The zero-order valence-corrected chi connectivity index (χ0v) is 10.6. The maximum atomic E-state index is 12.7. The molecule has 0 aliphatic heterocycles. The average molecular weight is 218 g/mol. The molecule has 5 aliphatic rings. The Morgan fingerprint density at radius 2 is 1.81 bits per heavy atom. The number of rotatable bonds is 0. The lowest BCUT2D eigenvalue weighted by molar-refractivity contribution is -0.184. The molecule has 88 valence electrons. The highest BCUT2D eigenvalue weighted by Gasteiger charge is 2.72. The van der Waals surface area contributed by atoms with Gasteiger partial charge in [0.15, 0.2) is 0 Å². The first-order chi connectivity index (χ1) is 7.48. The van der Waals surface area contributed by atoms with Gasteiger partial charge >= 0.3 is 0 Å². The Morgan fingerprint density at radius 1 is 1.12 bits per heavy atom. The number of Topliss-reactive ketones (excluding diaryl/α,β-unsaturated/α-hetero) is 1. The van der Waals surface area contributed by atoms with Gasteiger partial charge in [0.1, 0.15) is 5.78 Å². The predicted molar refractivity (Wildman–Crippen MR) is 62.8 cm³/mol. The van der Waals surface area contributed by atoms with Crippen molar-refractivity contribution in [3.63, 3.8) is 0 Å². The van der Waals surface area contributed by atoms with Crippen molar-refractivity contribution in [1.29, 1.82) is 0 Å². The van der Waals surface area contributed by atoms with E-state index in [4.69, 9.17) is 0 Å². The predicted octanol–water partition coefficient (Wildman–Crippen LogP) is 3.28. The van der Waals surface area contributed by atoms with E-state index in [1.165, 1.54) is 25.7 Å². The summed E-state index contributed by atoms with van der Waals surface area (Å²) in [7, 11) is 0. The van der Waals surface area contributed by atoms with E-state index in [1.807, 2.05) is 0 Å². The van der Waals surface area contributed by atoms with E-state index in [0.717, 1.165) is 11.8 Å². The van der Waals surface area contributed by atoms with E-state index in [0.29, 0.717) is 34.4 Å². The first-order valence-corrected chi connectivity index (χ1v) is 7.02. The SMILES string of the molecule is CC1C2CC3C(=O)C1C1(C)CCC3(C)C1C2. The molecule has 7 atom stereocenters. The molecule has 0 N–H and O–H groups in total. The molecule has 0 aromatic carbocycles. The van der Waals surface area contributed by atoms with Gasteiger partial charge in [-0.05, 0) is 54.3 Å². The summed E-state index contributed by atoms with van der Waals surface area (Å²) in [5.74, 6) is 3.92. The molecular weight excluding hydrogens is 196 g/mol. The van der Waals surface area contributed by atoms with Crippen LogP contribution in [0.4, 0.5) is 0 Å². The van der Waals surface area contributed by atoms with Gasteiger partial charge in [0.2, 0.25) is 0 Å². The van der Waals surface area contributed by atoms with E-state index >= 15 is 0 Å². The summed E-state index contributed by atoms with van der Waals surface area (Å²) in [5.41, 5.74) is 0.762. The quantitative estimate of drug-likeness (QED) is 0.610. The maximum Gasteiger partial charge on any atom is 0.140 e. The Bertz CT molecular complexity index is 387. The van der Waals surface area contributed by atoms with Gasteiger partial charge in [-0.15, -0.1) is 0 Å². The summed E-state index contributed by atoms with van der Waals surface area (Å²) in [6, 6.07) is 0. The van der Waals surface area contributed by atoms with Crippen LogP contribution in [-0.4, -0.2) is 5.78 Å². The average Bonchev–Trinajstić information content (AvgIpc) is 2.47. The maximum absolute atomic E-state index is 12.7. The molecule has 0 spiro atoms. The second-order valence-electron chi connectivity index (χ2n) is 7.59. The Hall–Kier alpha value is -0.330. The van der Waals surface area contributed by atoms with E-state index in [-0.39, 0.29) is 0 Å². The lowest BCUT2D eigenvalue weighted by Crippen LogP contribution is -2.63. The minimum Gasteiger partial charge on any atom is -0.299 e. The summed E-state index contributed by atoms with van der Waals surface area (Å²) in [6.07, 6.45) is 5.28. The van der Waals surface area contributed by atoms with Crippen molar-refractivity contribution in [2.75, 3.05) is 0 Å². The summed E-state index contributed by atoms with van der Waals surface area (Å²) >= 11 is 0. The molecule has 5 rings (SSSR count). The Labute approximate surface area is 98.0 Å². The molecule has 7 unspecified atom stereocenters. The van der Waals surface area contributed by atoms with E-state index < -0.39 is 0 Å². The zero-order valence-electron chi connectivity index (χ0n) is 10.6. The van der Waals surface area contributed by atoms with Crippen molar-refractivity contribution in [3.8, 4) is 0 Å². The highest BCUT2D eigenvalue weighted by molar-refractivity contribution is 5.88. The smallest absolute Gasteiger partial charge is 0.140 e. The molecule has 0 amide bonds. The third-order valence-corrected chi connectivity index (χ3v) is 7.30. The van der Waals surface area contributed by atoms with Crippen LogP contribution in [-0.2, 0) is 4.79 Å². The highest BCUT2D eigenvalue weighted by Crippen LogP contribution is 2.75. The van der Waals surface area contributed by atoms with Crippen LogP contribution in [0, 0.1) is 40.4 Å². The molecule has 5 fully saturated rings. The molecule has 6 bridgehead atoms. The largest absolute Gasteiger partial charge is 0.299 e. The molecule has 0 saturated heterocycles. The van der Waals surface area contributed by atoms with Crippen molar-refractivity contribution in [2.45, 2.75) is 46.5 Å². The molecule has 0 aromatic rings. The summed E-state index contributed by atoms with van der Waals surface area (Å²) in [4.78, 5) is 12.7. The zero-order chi connectivity index (χ0) is 11.3. The second kappa shape index (κ2) is 2.42. The van der Waals surface area contributed by atoms with Crippen LogP contribution in [0.5, 0.6) is 0 Å². The van der Waals surface area contributed by atoms with Crippen LogP contribution in [0.3, 0.4) is 0 Å². The lowest BCUT2D eigenvalue weighted by Gasteiger charge is -2.64. The van der Waals surface area contributed by atoms with Crippen molar-refractivity contribution in [3.05, 3.63) is 0 Å². The summed E-state index contributed by atoms with van der Waals surface area (Å²) in [6.45, 7) is 7.21. The number of hydrogen-bond acceptors (Lipinski definition) is 1. The Morgan fingerprint density at radius 3 is 2.56 bits per heavy atom. The minimum atomic E-state index is 0.374. The third-order valence-electron chi connectivity index (χ3n) is 7.30. The minimum absolute atomic E-state index is 0.374. The second-order valence-corrected chi connectivity index (χ2v) is 7.59. The number of carbonyl (C=O) groups is 1. The lowest BCUT2D eigenvalue weighted by atomic mass is 9.39. The number of hydrogen-bond donors (Lipinski definition) is 0. The molecule has 1 heteroatoms. The summed E-state index contributed by atoms with van der Waals surface area (Å²) < 4.78 is 0. The third kappa shape index (κ3) is 0.734. The highest BCUT2D eigenvalue weighted by atomic mass is 16.1. The van der Waals surface area contributed by atoms with Gasteiger partial charge in [0, 0.05) is 11.8 Å². The van der Waals surface area contributed by atoms with Gasteiger partial charge in [0.05, 0.1) is 0 Å². The van der Waals surface area contributed by atoms with Crippen LogP contribution in [0.1, 0.15) is 46.5 Å². The monoisotopic (exact) mass is 218 g/mol. The molecule has 1 nitrogen and oxygen atoms in total. The van der Waals surface area contributed by atoms with E-state index in [1.54, 1.807) is 0 Å². The van der Waals surface area contributed by atoms with Gasteiger partial charge in [-0.2, -0.15) is 0 Å². The van der Waals surface area contributed by atoms with Crippen molar-refractivity contribution in [2.24, 2.45) is 40.4 Å². The fourth-order valence-corrected chi connectivity index (χ4v) is 6.48. The fraction of sp³-hybridized carbons (Fsp3) is 0.933. The number of carbonyl (C=O) groups excluding carboxylic acids is 1. The van der Waals surface area contributed by atoms with Crippen molar-refractivity contribution >= 4 is 5.78 Å². The van der Waals surface area contributed by atoms with Crippen molar-refractivity contribution in [1.82, 2.24) is 0 Å². The topological polar surface area (TPSA) is 17.1 Å². The fourth-order valence-electron chi connectivity index (χ4n) is 6.48. The molecule has 0 radical (unpaired) electrons. The van der Waals surface area contributed by atoms with Crippen LogP contribution in [0.2, 0.25) is 0 Å². The van der Waals surface area contributed by atoms with Crippen LogP contribution >= 0.6 is 0 Å². The molecule has 5 saturated carbocycles. The standard InChI is InChI=1S/C15H22O/c1-8-9-6-10-13(16)12(8)15(3)5-4-14(10,2)11(15)7-9/h8-12H,4-7H2,1-3H3. The summed E-state index contributed by atoms with van der Waals surface area (Å²) in [5, 5.41) is 0. The van der Waals surface area contributed by atoms with Gasteiger partial charge in [-0.1, -0.05) is 20.8 Å². The van der Waals surface area contributed by atoms with Gasteiger partial charge in [-0.3, -0.25) is 4.79 Å². The molecular formula is C15H22O. The van der Waals surface area contributed by atoms with Gasteiger partial charge in [-0.25, -0.2) is 0 Å². The van der Waals surface area contributed by atoms with E-state index in [2.05, 4.69) is 20.8 Å². The van der Waals surface area contributed by atoms with Gasteiger partial charge in [0.25, 0.3) is 0 Å². The first-order valence-electron chi connectivity index (χ1n) is 7.02. The van der Waals surface area contributed by atoms with Crippen LogP contribution < -0.4 is 0 Å². The Kier molecular flexibility index (Phi) is 1.46. The number of ketones is 1. The Balaban J connectivity index is 1.95. The molecule has 0 aromatic heterocycles. The van der Waals surface area contributed by atoms with Crippen LogP contribution in [0.15, 0.2) is 0 Å². The van der Waals surface area contributed by atoms with Crippen LogP contribution in [0.25, 0.3) is 0 Å². The van der Waals surface area contributed by atoms with Gasteiger partial charge < -0.3 is 0 Å². The first kappa shape index (κ1) is 9.67. The molecule has 5 aliphatic carbocycles. The normalized spacial score (nSPS) is 66.7. The molecule has 16 heavy (non-hydrogen) atoms.